The van der Waals surface area contributed by atoms with Crippen molar-refractivity contribution in [3.63, 3.8) is 0 Å². The van der Waals surface area contributed by atoms with Crippen LogP contribution in [-0.2, 0) is 14.3 Å². The zero-order valence-electron chi connectivity index (χ0n) is 16.8. The van der Waals surface area contributed by atoms with Crippen LogP contribution in [0.4, 0.5) is 0 Å². The van der Waals surface area contributed by atoms with Gasteiger partial charge in [0.2, 0.25) is 5.91 Å². The van der Waals surface area contributed by atoms with Crippen molar-refractivity contribution in [3.8, 4) is 0 Å². The number of likely N-dealkylation sites (N-methyl/N-ethyl adjacent to an activating group) is 1. The molecule has 1 aliphatic heterocycles. The van der Waals surface area contributed by atoms with E-state index in [0.717, 1.165) is 29.6 Å². The maximum absolute atomic E-state index is 12.0. The van der Waals surface area contributed by atoms with Gasteiger partial charge in [0, 0.05) is 19.0 Å². The van der Waals surface area contributed by atoms with E-state index in [2.05, 4.69) is 49.9 Å². The van der Waals surface area contributed by atoms with E-state index in [4.69, 9.17) is 0 Å². The van der Waals surface area contributed by atoms with Gasteiger partial charge in [0.15, 0.2) is 0 Å². The second-order valence-electron chi connectivity index (χ2n) is 4.44. The van der Waals surface area contributed by atoms with E-state index in [0.29, 0.717) is 9.47 Å². The van der Waals surface area contributed by atoms with Crippen molar-refractivity contribution >= 4 is 56.8 Å². The zero-order chi connectivity index (χ0) is 20.5. The number of hydrogen-bond donors (Lipinski definition) is 0. The number of amides is 1. The van der Waals surface area contributed by atoms with Crippen molar-refractivity contribution in [1.29, 1.82) is 0 Å². The molecule has 1 aromatic carbocycles. The molecule has 0 aliphatic carbocycles. The van der Waals surface area contributed by atoms with Gasteiger partial charge in [0.05, 0.1) is 17.1 Å². The van der Waals surface area contributed by atoms with Gasteiger partial charge >= 0.3 is 49.4 Å². The standard InChI is InChI=1S/C13H13N3O.3C2H6.2HI.V/c1-16-7-6-10(13(16)17)12-9-4-2-3-5-11(9)14-8-15-12;3*1-2;;;/h2-5,8,10H,6-7H2,1H3;3*1-2H3;2*1H;/q;;;;;;+2/p-2. The molecule has 0 bridgehead atoms. The molecule has 0 radical (unpaired) electrons. The minimum atomic E-state index is -0.104. The SMILES string of the molecule is CC.CC.CC.CN1CCC(c2ncnc3ccccc23)C1=O.[I][V][I]. The Morgan fingerprint density at radius 2 is 1.58 bits per heavy atom. The molecule has 0 spiro atoms. The van der Waals surface area contributed by atoms with Crippen LogP contribution in [0.1, 0.15) is 59.6 Å². The van der Waals surface area contributed by atoms with E-state index in [-0.39, 0.29) is 11.8 Å². The van der Waals surface area contributed by atoms with Crippen molar-refractivity contribution < 1.29 is 14.3 Å². The van der Waals surface area contributed by atoms with Crippen LogP contribution in [0.15, 0.2) is 30.6 Å². The molecule has 1 fully saturated rings. The van der Waals surface area contributed by atoms with Crippen LogP contribution in [0.3, 0.4) is 0 Å². The Balaban J connectivity index is 0. The van der Waals surface area contributed by atoms with Gasteiger partial charge in [-0.2, -0.15) is 0 Å². The molecular weight excluding hydrogens is 591 g/mol. The fourth-order valence-electron chi connectivity index (χ4n) is 2.38. The van der Waals surface area contributed by atoms with Crippen LogP contribution >= 0.6 is 40.0 Å². The van der Waals surface area contributed by atoms with Crippen LogP contribution in [0.25, 0.3) is 10.9 Å². The van der Waals surface area contributed by atoms with Crippen molar-refractivity contribution in [1.82, 2.24) is 14.9 Å². The van der Waals surface area contributed by atoms with Gasteiger partial charge in [-0.3, -0.25) is 4.79 Å². The van der Waals surface area contributed by atoms with Gasteiger partial charge in [-0.25, -0.2) is 9.97 Å². The van der Waals surface area contributed by atoms with E-state index in [1.807, 2.05) is 72.9 Å². The molecule has 4 nitrogen and oxygen atoms in total. The Labute approximate surface area is 188 Å². The molecule has 2 aromatic rings. The summed E-state index contributed by atoms with van der Waals surface area (Å²) in [6.45, 7) is 12.8. The number of carbonyl (C=O) groups is 1. The summed E-state index contributed by atoms with van der Waals surface area (Å²) in [5, 5.41) is 0.989. The van der Waals surface area contributed by atoms with Crippen LogP contribution in [-0.4, -0.2) is 34.4 Å². The number of benzene rings is 1. The van der Waals surface area contributed by atoms with Gasteiger partial charge in [0.1, 0.15) is 6.33 Å². The molecule has 1 saturated heterocycles. The van der Waals surface area contributed by atoms with Gasteiger partial charge in [0.25, 0.3) is 0 Å². The van der Waals surface area contributed by atoms with Crippen molar-refractivity contribution in [3.05, 3.63) is 36.3 Å². The Hall–Kier alpha value is 0.0744. The molecule has 1 unspecified atom stereocenters. The Morgan fingerprint density at radius 3 is 2.08 bits per heavy atom. The molecule has 3 rings (SSSR count). The van der Waals surface area contributed by atoms with Crippen LogP contribution < -0.4 is 0 Å². The third-order valence-electron chi connectivity index (χ3n) is 3.33. The normalized spacial score (nSPS) is 14.4. The van der Waals surface area contributed by atoms with E-state index in [1.54, 1.807) is 11.2 Å². The quantitative estimate of drug-likeness (QED) is 0.345. The summed E-state index contributed by atoms with van der Waals surface area (Å²) in [7, 11) is 2.47. The monoisotopic (exact) mass is 622 g/mol. The summed E-state index contributed by atoms with van der Waals surface area (Å²) < 4.78 is 0. The van der Waals surface area contributed by atoms with Gasteiger partial charge in [-0.15, -0.1) is 0 Å². The number of para-hydroxylation sites is 1. The molecular formula is C19H31I2N3OV. The summed E-state index contributed by atoms with van der Waals surface area (Å²) in [5.74, 6) is 0.0572. The number of hydrogen-bond acceptors (Lipinski definition) is 3. The molecule has 1 atom stereocenters. The first-order valence-electron chi connectivity index (χ1n) is 9.06. The molecule has 2 heterocycles. The number of fused-ring (bicyclic) bond motifs is 1. The molecule has 0 saturated carbocycles. The summed E-state index contributed by atoms with van der Waals surface area (Å²) in [5.41, 5.74) is 1.77. The summed E-state index contributed by atoms with van der Waals surface area (Å²) in [6, 6.07) is 7.83. The maximum atomic E-state index is 12.0. The van der Waals surface area contributed by atoms with Crippen LogP contribution in [0.2, 0.25) is 0 Å². The molecule has 1 aliphatic rings. The van der Waals surface area contributed by atoms with Gasteiger partial charge in [-0.05, 0) is 12.5 Å². The average molecular weight is 622 g/mol. The first kappa shape index (κ1) is 28.3. The molecule has 1 amide bonds. The number of likely N-dealkylation sites (tertiary alicyclic amines) is 1. The molecule has 0 N–H and O–H groups in total. The molecule has 26 heavy (non-hydrogen) atoms. The fourth-order valence-corrected chi connectivity index (χ4v) is 2.38. The molecule has 147 valence electrons. The third-order valence-corrected chi connectivity index (χ3v) is 3.33. The van der Waals surface area contributed by atoms with Gasteiger partial charge < -0.3 is 4.90 Å². The summed E-state index contributed by atoms with van der Waals surface area (Å²) in [4.78, 5) is 22.3. The first-order valence-corrected chi connectivity index (χ1v) is 18.1. The second kappa shape index (κ2) is 18.4. The van der Waals surface area contributed by atoms with Crippen molar-refractivity contribution in [2.24, 2.45) is 0 Å². The van der Waals surface area contributed by atoms with Crippen molar-refractivity contribution in [2.45, 2.75) is 53.9 Å². The second-order valence-corrected chi connectivity index (χ2v) is 16.2. The minimum absolute atomic E-state index is 0.104. The Bertz CT molecular complexity index is 609. The predicted molar refractivity (Wildman–Crippen MR) is 127 cm³/mol. The molecule has 7 heteroatoms. The fraction of sp³-hybridized carbons (Fsp3) is 0.526. The van der Waals surface area contributed by atoms with E-state index in [1.165, 1.54) is 0 Å². The number of nitrogens with zero attached hydrogens (tertiary/aromatic N) is 3. The number of halogens is 2. The zero-order valence-corrected chi connectivity index (χ0v) is 22.5. The Kier molecular flexibility index (Phi) is 20.1. The number of aromatic nitrogens is 2. The van der Waals surface area contributed by atoms with Crippen LogP contribution in [0.5, 0.6) is 0 Å². The van der Waals surface area contributed by atoms with E-state index >= 15 is 0 Å². The average Bonchev–Trinajstić information content (AvgIpc) is 3.05. The Morgan fingerprint density at radius 1 is 1.04 bits per heavy atom. The topological polar surface area (TPSA) is 46.1 Å². The van der Waals surface area contributed by atoms with Crippen molar-refractivity contribution in [2.75, 3.05) is 13.6 Å². The number of carbonyl (C=O) groups excluding carboxylic acids is 1. The third kappa shape index (κ3) is 8.84. The first-order chi connectivity index (χ1) is 12.7. The van der Waals surface area contributed by atoms with E-state index < -0.39 is 0 Å². The molecule has 1 aromatic heterocycles. The number of rotatable bonds is 1. The predicted octanol–water partition coefficient (Wildman–Crippen LogP) is 6.42. The summed E-state index contributed by atoms with van der Waals surface area (Å²) in [6.07, 6.45) is 2.39. The summed E-state index contributed by atoms with van der Waals surface area (Å²) >= 11 is 4.74. The van der Waals surface area contributed by atoms with E-state index in [9.17, 15) is 4.79 Å². The van der Waals surface area contributed by atoms with Crippen LogP contribution in [0, 0.1) is 0 Å². The van der Waals surface area contributed by atoms with Gasteiger partial charge in [-0.1, -0.05) is 59.7 Å².